The Morgan fingerprint density at radius 1 is 0.771 bits per heavy atom. The van der Waals surface area contributed by atoms with Crippen molar-refractivity contribution in [2.75, 3.05) is 36.9 Å². The van der Waals surface area contributed by atoms with E-state index in [9.17, 15) is 19.3 Å². The number of imidazole rings is 2. The molecule has 2 aliphatic heterocycles. The molecule has 260 valence electrons. The molecule has 0 saturated carbocycles. The summed E-state index contributed by atoms with van der Waals surface area (Å²) in [7, 11) is -5.58. The summed E-state index contributed by atoms with van der Waals surface area (Å²) in [6.07, 6.45) is -1.86. The number of halogens is 2. The Morgan fingerprint density at radius 2 is 1.19 bits per heavy atom. The monoisotopic (exact) mass is 750 g/mol. The molecule has 0 bridgehead atoms. The lowest BCUT2D eigenvalue weighted by atomic mass is 10.1. The van der Waals surface area contributed by atoms with Crippen molar-refractivity contribution in [3.63, 3.8) is 0 Å². The van der Waals surface area contributed by atoms with Crippen molar-refractivity contribution in [3.05, 3.63) is 37.5 Å². The van der Waals surface area contributed by atoms with Gasteiger partial charge in [0, 0.05) is 13.1 Å². The Labute approximate surface area is 281 Å². The van der Waals surface area contributed by atoms with E-state index in [1.165, 1.54) is 34.4 Å². The van der Waals surface area contributed by atoms with Gasteiger partial charge in [0.25, 0.3) is 0 Å². The summed E-state index contributed by atoms with van der Waals surface area (Å²) in [5.41, 5.74) is 1.22. The molecule has 10 atom stereocenters. The summed E-state index contributed by atoms with van der Waals surface area (Å²) in [5.74, 6) is 0.746. The maximum Gasteiger partial charge on any atom is 0.243 e. The van der Waals surface area contributed by atoms with Crippen LogP contribution >= 0.6 is 39.0 Å². The smallest absolute Gasteiger partial charge is 0.243 e. The second kappa shape index (κ2) is 15.4. The van der Waals surface area contributed by atoms with Crippen LogP contribution in [-0.2, 0) is 27.7 Å². The van der Waals surface area contributed by atoms with Crippen LogP contribution in [0.5, 0.6) is 0 Å². The zero-order valence-corrected chi connectivity index (χ0v) is 28.3. The van der Waals surface area contributed by atoms with E-state index in [-0.39, 0.29) is 11.3 Å². The van der Waals surface area contributed by atoms with Crippen molar-refractivity contribution in [1.82, 2.24) is 39.0 Å². The molecule has 3 unspecified atom stereocenters. The van der Waals surface area contributed by atoms with Crippen LogP contribution in [0.25, 0.3) is 22.3 Å². The Balaban J connectivity index is 1.07. The molecule has 4 N–H and O–H groups in total. The van der Waals surface area contributed by atoms with Crippen molar-refractivity contribution in [2.24, 2.45) is 0 Å². The van der Waals surface area contributed by atoms with Gasteiger partial charge in [-0.15, -0.1) is 0 Å². The van der Waals surface area contributed by atoms with E-state index >= 15 is 8.78 Å². The van der Waals surface area contributed by atoms with Gasteiger partial charge in [-0.25, -0.2) is 38.7 Å². The number of aliphatic hydroxyl groups is 2. The molecule has 18 nitrogen and oxygen atoms in total. The van der Waals surface area contributed by atoms with Crippen LogP contribution in [0.2, 0.25) is 0 Å². The number of rotatable bonds is 14. The van der Waals surface area contributed by atoms with Gasteiger partial charge >= 0.3 is 0 Å². The van der Waals surface area contributed by atoms with Crippen molar-refractivity contribution in [3.8, 4) is 0 Å². The van der Waals surface area contributed by atoms with Gasteiger partial charge in [-0.2, -0.15) is 0 Å². The number of aliphatic hydroxyl groups excluding tert-OH is 2. The highest BCUT2D eigenvalue weighted by atomic mass is 32.7. The Hall–Kier alpha value is -2.78. The summed E-state index contributed by atoms with van der Waals surface area (Å²) >= 11 is 7.42. The molecule has 0 radical (unpaired) electrons. The van der Waals surface area contributed by atoms with E-state index in [4.69, 9.17) is 18.5 Å². The van der Waals surface area contributed by atoms with Crippen LogP contribution in [0.15, 0.2) is 37.5 Å². The molecule has 6 rings (SSSR count). The van der Waals surface area contributed by atoms with Gasteiger partial charge in [-0.3, -0.25) is 18.3 Å². The van der Waals surface area contributed by atoms with E-state index < -0.39 is 76.9 Å². The Bertz CT molecular complexity index is 1700. The second-order valence-corrected chi connectivity index (χ2v) is 14.1. The largest absolute Gasteiger partial charge is 0.394 e. The highest BCUT2D eigenvalue weighted by Crippen LogP contribution is 2.42. The maximum absolute atomic E-state index is 15.2. The van der Waals surface area contributed by atoms with Crippen LogP contribution in [0.1, 0.15) is 12.5 Å². The van der Waals surface area contributed by atoms with Crippen LogP contribution in [0.4, 0.5) is 20.4 Å². The number of anilines is 2. The quantitative estimate of drug-likeness (QED) is 0.0615. The number of nitrogens with one attached hydrogen (secondary N) is 2. The maximum atomic E-state index is 15.2. The third kappa shape index (κ3) is 7.09. The fraction of sp³-hybridized carbons (Fsp3) is 0.500. The third-order valence-electron chi connectivity index (χ3n) is 7.57. The standard InChI is InChI=1S/C24H30F2N10O8P2S2/c25-13-17(43-45(39)47)11(5-37)41-23(13)35-9-33-15-19(29-7-31-21(15)35)27-3-1-2-4-28-20-16-22(32-8-30-20)36(10-34-16)24-14(26)18(44-46(40)48)12(6-38)42-24/h1-2,7-14,17-18,23-24,37-38,45-46H,3-6H2,(H,39,47)(H,40,48)(H,27,29,31)(H,28,30,32)/b2-1+/t11-,12-,13-,14-,17-,18-,23-,24?/m1/s1. The molecule has 0 amide bonds. The first kappa shape index (κ1) is 35.1. The fourth-order valence-corrected chi connectivity index (χ4v) is 7.22. The molecule has 4 aromatic rings. The minimum atomic E-state index is -2.79. The lowest BCUT2D eigenvalue weighted by Gasteiger charge is -2.16. The molecule has 0 spiro atoms. The number of thiol groups is 2. The molecule has 24 heteroatoms. The highest BCUT2D eigenvalue weighted by Gasteiger charge is 2.49. The molecule has 0 aliphatic carbocycles. The fourth-order valence-electron chi connectivity index (χ4n) is 5.46. The van der Waals surface area contributed by atoms with Gasteiger partial charge in [0.05, 0.1) is 25.9 Å². The normalized spacial score (nSPS) is 28.9. The summed E-state index contributed by atoms with van der Waals surface area (Å²) in [6.45, 7) is -0.455. The van der Waals surface area contributed by atoms with Crippen molar-refractivity contribution in [2.45, 2.75) is 49.2 Å². The molecule has 4 aromatic heterocycles. The van der Waals surface area contributed by atoms with Gasteiger partial charge in [0.2, 0.25) is 14.5 Å². The van der Waals surface area contributed by atoms with Crippen LogP contribution < -0.4 is 10.6 Å². The summed E-state index contributed by atoms with van der Waals surface area (Å²) in [5, 5.41) is 25.4. The van der Waals surface area contributed by atoms with Crippen LogP contribution in [0.3, 0.4) is 0 Å². The number of ether oxygens (including phenoxy) is 2. The topological polar surface area (TPSA) is 223 Å². The summed E-state index contributed by atoms with van der Waals surface area (Å²) in [6, 6.07) is 0. The zero-order chi connectivity index (χ0) is 33.9. The van der Waals surface area contributed by atoms with E-state index in [0.29, 0.717) is 35.8 Å². The molecule has 2 fully saturated rings. The first-order valence-corrected chi connectivity index (χ1v) is 19.5. The molecular weight excluding hydrogens is 720 g/mol. The second-order valence-electron chi connectivity index (χ2n) is 10.4. The van der Waals surface area contributed by atoms with E-state index in [1.54, 1.807) is 0 Å². The number of hydrogen-bond donors (Lipinski definition) is 6. The summed E-state index contributed by atoms with van der Waals surface area (Å²) < 4.78 is 77.6. The number of aromatic nitrogens is 8. The predicted octanol–water partition coefficient (Wildman–Crippen LogP) is 1.91. The first-order valence-electron chi connectivity index (χ1n) is 14.3. The SMILES string of the molecule is O=[PH](S)O[C@@H]1[C@@H](CO)OC(n2cnc3c(NC/C=C/CNc4ncnc5c4ncn5[C@@H]4O[C@H](CO)[C@@H](O[PH](=O)S)[C@H]4F)ncnc32)[C@@H]1F. The van der Waals surface area contributed by atoms with Crippen molar-refractivity contribution >= 4 is 72.9 Å². The van der Waals surface area contributed by atoms with Crippen LogP contribution in [-0.4, -0.2) is 112 Å². The average Bonchev–Trinajstić information content (AvgIpc) is 3.83. The molecular formula is C24H30F2N10O8P2S2. The predicted molar refractivity (Wildman–Crippen MR) is 174 cm³/mol. The molecule has 2 saturated heterocycles. The number of fused-ring (bicyclic) bond motifs is 2. The highest BCUT2D eigenvalue weighted by molar-refractivity contribution is 8.39. The number of nitrogens with zero attached hydrogens (tertiary/aromatic N) is 8. The van der Waals surface area contributed by atoms with Crippen molar-refractivity contribution < 1.29 is 46.6 Å². The van der Waals surface area contributed by atoms with Gasteiger partial charge in [0.15, 0.2) is 58.8 Å². The van der Waals surface area contributed by atoms with E-state index in [2.05, 4.69) is 65.0 Å². The van der Waals surface area contributed by atoms with Gasteiger partial charge < -0.3 is 39.4 Å². The third-order valence-corrected chi connectivity index (χ3v) is 9.15. The number of alkyl halides is 2. The average molecular weight is 751 g/mol. The number of hydrogen-bond acceptors (Lipinski definition) is 16. The molecule has 0 aromatic carbocycles. The minimum Gasteiger partial charge on any atom is -0.394 e. The Kier molecular flexibility index (Phi) is 11.3. The van der Waals surface area contributed by atoms with Gasteiger partial charge in [-0.1, -0.05) is 36.6 Å². The van der Waals surface area contributed by atoms with Crippen molar-refractivity contribution in [1.29, 1.82) is 0 Å². The minimum absolute atomic E-state index is 0.267. The lowest BCUT2D eigenvalue weighted by molar-refractivity contribution is -0.0427. The van der Waals surface area contributed by atoms with Crippen LogP contribution in [0, 0.1) is 0 Å². The molecule has 2 aliphatic rings. The molecule has 6 heterocycles. The Morgan fingerprint density at radius 3 is 1.56 bits per heavy atom. The van der Waals surface area contributed by atoms with E-state index in [0.717, 1.165) is 0 Å². The summed E-state index contributed by atoms with van der Waals surface area (Å²) in [4.78, 5) is 25.5. The van der Waals surface area contributed by atoms with E-state index in [1.807, 2.05) is 12.2 Å². The first-order chi connectivity index (χ1) is 23.2. The molecule has 48 heavy (non-hydrogen) atoms. The van der Waals surface area contributed by atoms with Gasteiger partial charge in [0.1, 0.15) is 37.1 Å². The zero-order valence-electron chi connectivity index (χ0n) is 24.5. The van der Waals surface area contributed by atoms with Gasteiger partial charge in [-0.05, 0) is 0 Å². The lowest BCUT2D eigenvalue weighted by Crippen LogP contribution is -2.31.